The molecule has 0 spiro atoms. The summed E-state index contributed by atoms with van der Waals surface area (Å²) < 4.78 is 40.9. The number of hydrogen-bond acceptors (Lipinski definition) is 4. The third kappa shape index (κ3) is 4.28. The second-order valence-corrected chi connectivity index (χ2v) is 9.02. The van der Waals surface area contributed by atoms with Gasteiger partial charge in [-0.25, -0.2) is 12.8 Å². The molecule has 1 aromatic heterocycles. The second kappa shape index (κ2) is 8.12. The highest BCUT2D eigenvalue weighted by atomic mass is 35.5. The first-order valence-corrected chi connectivity index (χ1v) is 9.81. The molecule has 0 atom stereocenters. The summed E-state index contributed by atoms with van der Waals surface area (Å²) in [6.45, 7) is 2.70. The van der Waals surface area contributed by atoms with E-state index in [2.05, 4.69) is 4.90 Å². The predicted octanol–water partition coefficient (Wildman–Crippen LogP) is 3.47. The molecule has 0 saturated carbocycles. The molecule has 2 aromatic rings. The molecule has 1 aliphatic heterocycles. The monoisotopic (exact) mass is 410 g/mol. The molecule has 0 bridgehead atoms. The van der Waals surface area contributed by atoms with Crippen molar-refractivity contribution in [1.82, 2.24) is 9.21 Å². The van der Waals surface area contributed by atoms with E-state index >= 15 is 0 Å². The molecule has 1 aromatic carbocycles. The first-order valence-electron chi connectivity index (χ1n) is 7.18. The van der Waals surface area contributed by atoms with Crippen molar-refractivity contribution in [3.05, 3.63) is 51.4 Å². The molecule has 4 nitrogen and oxygen atoms in total. The first-order chi connectivity index (χ1) is 11.0. The lowest BCUT2D eigenvalue weighted by Crippen LogP contribution is -2.48. The third-order valence-corrected chi connectivity index (χ3v) is 6.94. The molecule has 24 heavy (non-hydrogen) atoms. The van der Waals surface area contributed by atoms with Crippen LogP contribution in [0.15, 0.2) is 41.3 Å². The summed E-state index contributed by atoms with van der Waals surface area (Å²) in [6, 6.07) is 9.34. The number of rotatable bonds is 4. The van der Waals surface area contributed by atoms with Crippen LogP contribution in [0.3, 0.4) is 0 Å². The zero-order valence-corrected chi connectivity index (χ0v) is 15.9. The zero-order valence-electron chi connectivity index (χ0n) is 12.7. The molecule has 0 amide bonds. The van der Waals surface area contributed by atoms with Crippen LogP contribution in [-0.2, 0) is 16.6 Å². The lowest BCUT2D eigenvalue weighted by Gasteiger charge is -2.33. The quantitative estimate of drug-likeness (QED) is 0.774. The van der Waals surface area contributed by atoms with Crippen LogP contribution in [0.1, 0.15) is 4.88 Å². The number of nitrogens with zero attached hydrogens (tertiary/aromatic N) is 2. The summed E-state index contributed by atoms with van der Waals surface area (Å²) in [5.74, 6) is -0.705. The summed E-state index contributed by atoms with van der Waals surface area (Å²) in [5.41, 5.74) is 0. The molecule has 0 unspecified atom stereocenters. The fourth-order valence-corrected chi connectivity index (χ4v) is 5.20. The summed E-state index contributed by atoms with van der Waals surface area (Å²) in [5, 5.41) is 0. The average Bonchev–Trinajstić information content (AvgIpc) is 2.93. The van der Waals surface area contributed by atoms with Gasteiger partial charge in [-0.3, -0.25) is 4.90 Å². The van der Waals surface area contributed by atoms with Crippen molar-refractivity contribution in [2.24, 2.45) is 0 Å². The minimum Gasteiger partial charge on any atom is -0.296 e. The first kappa shape index (κ1) is 19.6. The summed E-state index contributed by atoms with van der Waals surface area (Å²) >= 11 is 7.45. The Hall–Kier alpha value is -0.700. The zero-order chi connectivity index (χ0) is 16.4. The highest BCUT2D eigenvalue weighted by Gasteiger charge is 2.30. The molecule has 9 heteroatoms. The molecule has 0 aliphatic carbocycles. The van der Waals surface area contributed by atoms with E-state index in [1.54, 1.807) is 0 Å². The van der Waals surface area contributed by atoms with Gasteiger partial charge in [-0.05, 0) is 24.3 Å². The van der Waals surface area contributed by atoms with Crippen molar-refractivity contribution in [1.29, 1.82) is 0 Å². The number of piperazine rings is 1. The Labute approximate surface area is 156 Å². The van der Waals surface area contributed by atoms with E-state index < -0.39 is 15.8 Å². The number of halogens is 3. The fraction of sp³-hybridized carbons (Fsp3) is 0.333. The van der Waals surface area contributed by atoms with E-state index in [1.165, 1.54) is 39.9 Å². The molecule has 2 heterocycles. The van der Waals surface area contributed by atoms with E-state index in [-0.39, 0.29) is 17.3 Å². The highest BCUT2D eigenvalue weighted by molar-refractivity contribution is 7.89. The third-order valence-electron chi connectivity index (χ3n) is 3.79. The van der Waals surface area contributed by atoms with Gasteiger partial charge in [0.2, 0.25) is 10.0 Å². The Morgan fingerprint density at radius 2 is 1.75 bits per heavy atom. The van der Waals surface area contributed by atoms with E-state index in [4.69, 9.17) is 11.6 Å². The molecular formula is C15H17Cl2FN2O2S2. The maximum absolute atomic E-state index is 13.8. The van der Waals surface area contributed by atoms with Crippen LogP contribution >= 0.6 is 35.3 Å². The van der Waals surface area contributed by atoms with Gasteiger partial charge in [-0.15, -0.1) is 23.7 Å². The van der Waals surface area contributed by atoms with Crippen molar-refractivity contribution in [2.75, 3.05) is 26.2 Å². The normalized spacial score (nSPS) is 16.8. The number of thiophene rings is 1. The van der Waals surface area contributed by atoms with Crippen molar-refractivity contribution < 1.29 is 12.8 Å². The summed E-state index contributed by atoms with van der Waals surface area (Å²) in [7, 11) is -3.77. The summed E-state index contributed by atoms with van der Waals surface area (Å²) in [6.07, 6.45) is 0. The van der Waals surface area contributed by atoms with Crippen LogP contribution in [0.25, 0.3) is 0 Å². The smallest absolute Gasteiger partial charge is 0.246 e. The van der Waals surface area contributed by atoms with Gasteiger partial charge in [-0.2, -0.15) is 4.31 Å². The van der Waals surface area contributed by atoms with E-state index in [1.807, 2.05) is 12.1 Å². The maximum atomic E-state index is 13.8. The van der Waals surface area contributed by atoms with Crippen LogP contribution in [0.4, 0.5) is 4.39 Å². The van der Waals surface area contributed by atoms with Crippen molar-refractivity contribution in [3.63, 3.8) is 0 Å². The Morgan fingerprint density at radius 3 is 2.33 bits per heavy atom. The largest absolute Gasteiger partial charge is 0.296 e. The molecule has 1 saturated heterocycles. The molecule has 3 rings (SSSR count). The molecular weight excluding hydrogens is 394 g/mol. The number of hydrogen-bond donors (Lipinski definition) is 0. The average molecular weight is 411 g/mol. The molecule has 0 N–H and O–H groups in total. The highest BCUT2D eigenvalue weighted by Crippen LogP contribution is 2.24. The number of sulfonamides is 1. The van der Waals surface area contributed by atoms with Crippen LogP contribution in [0.5, 0.6) is 0 Å². The van der Waals surface area contributed by atoms with E-state index in [0.29, 0.717) is 26.2 Å². The lowest BCUT2D eigenvalue weighted by atomic mass is 10.3. The van der Waals surface area contributed by atoms with Crippen molar-refractivity contribution in [3.8, 4) is 0 Å². The van der Waals surface area contributed by atoms with Gasteiger partial charge in [0.05, 0.1) is 4.34 Å². The van der Waals surface area contributed by atoms with Gasteiger partial charge < -0.3 is 0 Å². The Morgan fingerprint density at radius 1 is 1.08 bits per heavy atom. The molecule has 132 valence electrons. The van der Waals surface area contributed by atoms with Gasteiger partial charge in [0.1, 0.15) is 10.7 Å². The van der Waals surface area contributed by atoms with Crippen LogP contribution in [0.2, 0.25) is 4.34 Å². The van der Waals surface area contributed by atoms with Gasteiger partial charge in [0.15, 0.2) is 0 Å². The van der Waals surface area contributed by atoms with Gasteiger partial charge in [0.25, 0.3) is 0 Å². The van der Waals surface area contributed by atoms with Gasteiger partial charge >= 0.3 is 0 Å². The second-order valence-electron chi connectivity index (χ2n) is 5.32. The van der Waals surface area contributed by atoms with E-state index in [0.717, 1.165) is 15.8 Å². The SMILES string of the molecule is Cl.O=S(=O)(c1ccccc1F)N1CCN(Cc2ccc(Cl)s2)CC1. The molecule has 1 aliphatic rings. The Kier molecular flexibility index (Phi) is 6.64. The van der Waals surface area contributed by atoms with Crippen molar-refractivity contribution >= 4 is 45.4 Å². The van der Waals surface area contributed by atoms with Crippen LogP contribution in [0, 0.1) is 5.82 Å². The van der Waals surface area contributed by atoms with Gasteiger partial charge in [-0.1, -0.05) is 23.7 Å². The Bertz CT molecular complexity index is 790. The van der Waals surface area contributed by atoms with Gasteiger partial charge in [0, 0.05) is 37.6 Å². The number of benzene rings is 1. The lowest BCUT2D eigenvalue weighted by molar-refractivity contribution is 0.182. The standard InChI is InChI=1S/C15H16ClFN2O2S2.ClH/c16-15-6-5-12(22-15)11-18-7-9-19(10-8-18)23(20,21)14-4-2-1-3-13(14)17;/h1-6H,7-11H2;1H. The fourth-order valence-electron chi connectivity index (χ4n) is 2.58. The summed E-state index contributed by atoms with van der Waals surface area (Å²) in [4.78, 5) is 3.08. The van der Waals surface area contributed by atoms with Crippen LogP contribution in [-0.4, -0.2) is 43.8 Å². The van der Waals surface area contributed by atoms with Crippen LogP contribution < -0.4 is 0 Å². The van der Waals surface area contributed by atoms with E-state index in [9.17, 15) is 12.8 Å². The maximum Gasteiger partial charge on any atom is 0.246 e. The minimum atomic E-state index is -3.77. The minimum absolute atomic E-state index is 0. The topological polar surface area (TPSA) is 40.6 Å². The predicted molar refractivity (Wildman–Crippen MR) is 97.0 cm³/mol. The molecule has 0 radical (unpaired) electrons. The Balaban J connectivity index is 0.00000208. The van der Waals surface area contributed by atoms with Crippen molar-refractivity contribution in [2.45, 2.75) is 11.4 Å². The molecule has 1 fully saturated rings.